The summed E-state index contributed by atoms with van der Waals surface area (Å²) in [6.45, 7) is 4.17. The summed E-state index contributed by atoms with van der Waals surface area (Å²) in [5, 5.41) is 18.2. The Kier molecular flexibility index (Phi) is 5.88. The van der Waals surface area contributed by atoms with Gasteiger partial charge in [0, 0.05) is 17.5 Å². The van der Waals surface area contributed by atoms with E-state index in [0.29, 0.717) is 23.6 Å². The molecule has 0 spiro atoms. The summed E-state index contributed by atoms with van der Waals surface area (Å²) < 4.78 is 13.1. The second-order valence-corrected chi connectivity index (χ2v) is 10.5. The summed E-state index contributed by atoms with van der Waals surface area (Å²) in [6, 6.07) is 20.1. The number of fused-ring (bicyclic) bond motifs is 1. The van der Waals surface area contributed by atoms with E-state index in [1.807, 2.05) is 85.0 Å². The topological polar surface area (TPSA) is 77.8 Å². The lowest BCUT2D eigenvalue weighted by atomic mass is 10.1. The van der Waals surface area contributed by atoms with Crippen molar-refractivity contribution in [2.24, 2.45) is 0 Å². The van der Waals surface area contributed by atoms with E-state index in [2.05, 4.69) is 34.2 Å². The maximum absolute atomic E-state index is 5.95. The van der Waals surface area contributed by atoms with E-state index in [1.165, 1.54) is 5.39 Å². The van der Waals surface area contributed by atoms with Crippen molar-refractivity contribution < 1.29 is 8.83 Å². The molecule has 6 nitrogen and oxygen atoms in total. The minimum Gasteiger partial charge on any atom is -0.416 e. The van der Waals surface area contributed by atoms with Crippen molar-refractivity contribution in [2.45, 2.75) is 13.8 Å². The molecule has 0 N–H and O–H groups in total. The van der Waals surface area contributed by atoms with Crippen LogP contribution < -0.4 is 0 Å². The molecule has 0 radical (unpaired) electrons. The first kappa shape index (κ1) is 22.3. The first-order chi connectivity index (χ1) is 17.7. The van der Waals surface area contributed by atoms with Crippen molar-refractivity contribution in [3.63, 3.8) is 0 Å². The number of nitrogens with zero attached hydrogens (tertiary/aromatic N) is 4. The monoisotopic (exact) mass is 508 g/mol. The van der Waals surface area contributed by atoms with Gasteiger partial charge in [-0.3, -0.25) is 0 Å². The highest BCUT2D eigenvalue weighted by Crippen LogP contribution is 2.47. The highest BCUT2D eigenvalue weighted by molar-refractivity contribution is 7.41. The normalized spacial score (nSPS) is 11.9. The maximum atomic E-state index is 5.95. The SMILES string of the molecule is Cc1c(-c2nnc(/C=C/c3ccccc3)o2)sc2sc(-c3nnc(/C=C/c4ccccc4)o3)c(C)c12. The molecule has 0 aliphatic heterocycles. The Morgan fingerprint density at radius 1 is 0.583 bits per heavy atom. The average molecular weight is 509 g/mol. The van der Waals surface area contributed by atoms with Gasteiger partial charge < -0.3 is 8.83 Å². The van der Waals surface area contributed by atoms with Crippen LogP contribution in [0.4, 0.5) is 0 Å². The Morgan fingerprint density at radius 3 is 1.44 bits per heavy atom. The number of aromatic nitrogens is 4. The summed E-state index contributed by atoms with van der Waals surface area (Å²) in [6.07, 6.45) is 7.59. The van der Waals surface area contributed by atoms with Crippen LogP contribution in [0.1, 0.15) is 34.0 Å². The van der Waals surface area contributed by atoms with Crippen molar-refractivity contribution in [2.75, 3.05) is 0 Å². The van der Waals surface area contributed by atoms with E-state index in [-0.39, 0.29) is 0 Å². The summed E-state index contributed by atoms with van der Waals surface area (Å²) in [4.78, 5) is 1.96. The van der Waals surface area contributed by atoms with Crippen LogP contribution in [0.15, 0.2) is 69.5 Å². The Balaban J connectivity index is 1.26. The van der Waals surface area contributed by atoms with Gasteiger partial charge in [0.15, 0.2) is 0 Å². The van der Waals surface area contributed by atoms with Crippen LogP contribution in [0.5, 0.6) is 0 Å². The molecule has 8 heteroatoms. The van der Waals surface area contributed by atoms with Crippen LogP contribution in [0.25, 0.3) is 55.2 Å². The van der Waals surface area contributed by atoms with Gasteiger partial charge in [-0.1, -0.05) is 60.7 Å². The minimum absolute atomic E-state index is 0.476. The molecule has 0 bridgehead atoms. The third-order valence-electron chi connectivity index (χ3n) is 5.73. The predicted molar refractivity (Wildman–Crippen MR) is 146 cm³/mol. The van der Waals surface area contributed by atoms with Gasteiger partial charge in [-0.05, 0) is 48.3 Å². The van der Waals surface area contributed by atoms with Gasteiger partial charge >= 0.3 is 0 Å². The predicted octanol–water partition coefficient (Wildman–Crippen LogP) is 8.02. The molecule has 0 unspecified atom stereocenters. The van der Waals surface area contributed by atoms with Crippen LogP contribution in [0.2, 0.25) is 0 Å². The van der Waals surface area contributed by atoms with E-state index >= 15 is 0 Å². The summed E-state index contributed by atoms with van der Waals surface area (Å²) in [5.74, 6) is 2.01. The highest BCUT2D eigenvalue weighted by atomic mass is 32.2. The van der Waals surface area contributed by atoms with E-state index in [1.54, 1.807) is 22.7 Å². The van der Waals surface area contributed by atoms with Crippen LogP contribution in [-0.2, 0) is 0 Å². The zero-order chi connectivity index (χ0) is 24.5. The van der Waals surface area contributed by atoms with Gasteiger partial charge in [-0.2, -0.15) is 0 Å². The molecule has 0 fully saturated rings. The molecule has 0 aliphatic carbocycles. The van der Waals surface area contributed by atoms with Crippen LogP contribution >= 0.6 is 22.7 Å². The number of thiophene rings is 2. The van der Waals surface area contributed by atoms with Gasteiger partial charge in [-0.25, -0.2) is 0 Å². The molecule has 6 rings (SSSR count). The lowest BCUT2D eigenvalue weighted by Crippen LogP contribution is -1.80. The molecule has 2 aromatic carbocycles. The Hall–Kier alpha value is -4.14. The third kappa shape index (κ3) is 4.32. The summed E-state index contributed by atoms with van der Waals surface area (Å²) in [5.41, 5.74) is 4.38. The molecule has 4 heterocycles. The van der Waals surface area contributed by atoms with E-state index < -0.39 is 0 Å². The van der Waals surface area contributed by atoms with Crippen molar-refractivity contribution in [3.8, 4) is 21.5 Å². The van der Waals surface area contributed by atoms with Crippen molar-refractivity contribution in [3.05, 3.63) is 94.7 Å². The van der Waals surface area contributed by atoms with E-state index in [4.69, 9.17) is 8.83 Å². The molecular weight excluding hydrogens is 488 g/mol. The van der Waals surface area contributed by atoms with Crippen molar-refractivity contribution in [1.82, 2.24) is 20.4 Å². The molecule has 0 saturated carbocycles. The Morgan fingerprint density at radius 2 is 1.03 bits per heavy atom. The quantitative estimate of drug-likeness (QED) is 0.227. The number of rotatable bonds is 6. The molecule has 36 heavy (non-hydrogen) atoms. The first-order valence-corrected chi connectivity index (χ1v) is 13.0. The smallest absolute Gasteiger partial charge is 0.258 e. The first-order valence-electron chi connectivity index (χ1n) is 11.3. The van der Waals surface area contributed by atoms with Gasteiger partial charge in [0.1, 0.15) is 0 Å². The van der Waals surface area contributed by atoms with Gasteiger partial charge in [0.2, 0.25) is 11.8 Å². The van der Waals surface area contributed by atoms with E-state index in [9.17, 15) is 0 Å². The van der Waals surface area contributed by atoms with Gasteiger partial charge in [-0.15, -0.1) is 43.1 Å². The van der Waals surface area contributed by atoms with Crippen LogP contribution in [0.3, 0.4) is 0 Å². The number of benzene rings is 2. The fourth-order valence-electron chi connectivity index (χ4n) is 3.93. The molecule has 176 valence electrons. The molecule has 6 aromatic rings. The second-order valence-electron chi connectivity index (χ2n) is 8.15. The van der Waals surface area contributed by atoms with Crippen molar-refractivity contribution in [1.29, 1.82) is 0 Å². The fraction of sp³-hybridized carbons (Fsp3) is 0.0714. The minimum atomic E-state index is 0.476. The molecule has 4 aromatic heterocycles. The van der Waals surface area contributed by atoms with Gasteiger partial charge in [0.25, 0.3) is 11.8 Å². The largest absolute Gasteiger partial charge is 0.416 e. The zero-order valence-corrected chi connectivity index (χ0v) is 21.1. The lowest BCUT2D eigenvalue weighted by Gasteiger charge is -1.96. The second kappa shape index (κ2) is 9.49. The standard InChI is InChI=1S/C28H20N4O2S2/c1-17-23-18(2)25(27-32-30-22(34-27)16-14-20-11-7-4-8-12-20)36-28(23)35-24(17)26-31-29-21(33-26)15-13-19-9-5-3-6-10-19/h3-16H,1-2H3/b15-13+,16-14+. The molecule has 0 aliphatic rings. The van der Waals surface area contributed by atoms with Crippen LogP contribution in [-0.4, -0.2) is 20.4 Å². The Labute approximate surface area is 215 Å². The number of hydrogen-bond donors (Lipinski definition) is 0. The number of aryl methyl sites for hydroxylation is 2. The van der Waals surface area contributed by atoms with Crippen LogP contribution in [0, 0.1) is 13.8 Å². The van der Waals surface area contributed by atoms with Gasteiger partial charge in [0.05, 0.1) is 13.8 Å². The zero-order valence-electron chi connectivity index (χ0n) is 19.5. The lowest BCUT2D eigenvalue weighted by molar-refractivity contribution is 0.558. The molecular formula is C28H20N4O2S2. The molecule has 0 amide bonds. The summed E-state index contributed by atoms with van der Waals surface area (Å²) in [7, 11) is 0. The third-order valence-corrected chi connectivity index (χ3v) is 8.38. The fourth-order valence-corrected chi connectivity index (χ4v) is 6.64. The van der Waals surface area contributed by atoms with E-state index in [0.717, 1.165) is 36.0 Å². The Bertz CT molecular complexity index is 1580. The average Bonchev–Trinajstić information content (AvgIpc) is 3.69. The number of hydrogen-bond acceptors (Lipinski definition) is 8. The highest BCUT2D eigenvalue weighted by Gasteiger charge is 2.23. The van der Waals surface area contributed by atoms with Crippen molar-refractivity contribution >= 4 is 56.4 Å². The molecule has 0 atom stereocenters. The molecule has 0 saturated heterocycles. The maximum Gasteiger partial charge on any atom is 0.258 e. The summed E-state index contributed by atoms with van der Waals surface area (Å²) >= 11 is 3.29.